The number of fused-ring (bicyclic) bond motifs is 3. The van der Waals surface area contributed by atoms with Crippen LogP contribution >= 0.6 is 0 Å². The summed E-state index contributed by atoms with van der Waals surface area (Å²) in [5.74, 6) is -0.335. The van der Waals surface area contributed by atoms with Gasteiger partial charge in [0.15, 0.2) is 11.2 Å². The number of carbonyl (C=O) groups excluding carboxylic acids is 2. The maximum absolute atomic E-state index is 14.3. The number of rotatable bonds is 1. The molecule has 0 saturated heterocycles. The predicted molar refractivity (Wildman–Crippen MR) is 125 cm³/mol. The van der Waals surface area contributed by atoms with E-state index in [2.05, 4.69) is 26.8 Å². The Balaban J connectivity index is 1.97. The van der Waals surface area contributed by atoms with E-state index >= 15 is 0 Å². The molecule has 1 aliphatic carbocycles. The standard InChI is InChI=1S/C28H25NO2/c1-27(2,3)24-19-14-8-10-16-21(19)28(23(24)18-12-6-5-7-13-18)25(30)20-15-9-11-17-22(20)29(4)26(28)31/h5-17H,1-4H3. The van der Waals surface area contributed by atoms with Crippen LogP contribution in [0, 0.1) is 5.41 Å². The van der Waals surface area contributed by atoms with Crippen molar-refractivity contribution in [2.45, 2.75) is 26.2 Å². The molecule has 0 fully saturated rings. The van der Waals surface area contributed by atoms with Crippen molar-refractivity contribution in [1.82, 2.24) is 0 Å². The Morgan fingerprint density at radius 3 is 2.00 bits per heavy atom. The Morgan fingerprint density at radius 2 is 1.32 bits per heavy atom. The first-order valence-corrected chi connectivity index (χ1v) is 10.6. The van der Waals surface area contributed by atoms with Crippen molar-refractivity contribution in [1.29, 1.82) is 0 Å². The summed E-state index contributed by atoms with van der Waals surface area (Å²) < 4.78 is 0. The highest BCUT2D eigenvalue weighted by molar-refractivity contribution is 6.38. The minimum atomic E-state index is -1.39. The van der Waals surface area contributed by atoms with E-state index in [1.165, 1.54) is 0 Å². The number of amides is 1. The first-order chi connectivity index (χ1) is 14.8. The van der Waals surface area contributed by atoms with E-state index < -0.39 is 5.41 Å². The van der Waals surface area contributed by atoms with Crippen LogP contribution in [-0.2, 0) is 10.2 Å². The lowest BCUT2D eigenvalue weighted by Crippen LogP contribution is -2.54. The van der Waals surface area contributed by atoms with Gasteiger partial charge in [0.1, 0.15) is 0 Å². The summed E-state index contributed by atoms with van der Waals surface area (Å²) in [6.07, 6.45) is 0. The van der Waals surface area contributed by atoms with E-state index in [1.807, 2.05) is 72.8 Å². The third-order valence-electron chi connectivity index (χ3n) is 6.51. The van der Waals surface area contributed by atoms with Gasteiger partial charge in [0.2, 0.25) is 5.91 Å². The molecular weight excluding hydrogens is 382 g/mol. The highest BCUT2D eigenvalue weighted by Gasteiger charge is 2.61. The second kappa shape index (κ2) is 6.52. The summed E-state index contributed by atoms with van der Waals surface area (Å²) in [5.41, 5.74) is 4.17. The zero-order valence-electron chi connectivity index (χ0n) is 18.3. The molecule has 0 aromatic heterocycles. The van der Waals surface area contributed by atoms with Gasteiger partial charge in [-0.05, 0) is 45.4 Å². The Bertz CT molecular complexity index is 1260. The molecule has 0 saturated carbocycles. The van der Waals surface area contributed by atoms with E-state index in [0.717, 1.165) is 27.8 Å². The molecular formula is C28H25NO2. The molecule has 1 aliphatic heterocycles. The van der Waals surface area contributed by atoms with E-state index in [1.54, 1.807) is 11.9 Å². The number of ketones is 1. The van der Waals surface area contributed by atoms with Crippen molar-refractivity contribution in [3.63, 3.8) is 0 Å². The molecule has 1 unspecified atom stereocenters. The van der Waals surface area contributed by atoms with Crippen LogP contribution in [0.1, 0.15) is 47.8 Å². The summed E-state index contributed by atoms with van der Waals surface area (Å²) in [6.45, 7) is 6.45. The van der Waals surface area contributed by atoms with Crippen LogP contribution < -0.4 is 4.90 Å². The summed E-state index contributed by atoms with van der Waals surface area (Å²) in [4.78, 5) is 30.2. The normalized spacial score (nSPS) is 20.3. The fraction of sp³-hybridized carbons (Fsp3) is 0.214. The first kappa shape index (κ1) is 19.5. The first-order valence-electron chi connectivity index (χ1n) is 10.6. The number of para-hydroxylation sites is 1. The third-order valence-corrected chi connectivity index (χ3v) is 6.51. The second-order valence-corrected chi connectivity index (χ2v) is 9.37. The van der Waals surface area contributed by atoms with Crippen LogP contribution in [0.2, 0.25) is 0 Å². The van der Waals surface area contributed by atoms with Crippen molar-refractivity contribution in [3.8, 4) is 0 Å². The van der Waals surface area contributed by atoms with Crippen molar-refractivity contribution in [2.24, 2.45) is 5.41 Å². The molecule has 0 radical (unpaired) electrons. The molecule has 0 bridgehead atoms. The van der Waals surface area contributed by atoms with Crippen LogP contribution in [0.4, 0.5) is 5.69 Å². The van der Waals surface area contributed by atoms with Gasteiger partial charge in [-0.2, -0.15) is 0 Å². The Labute approximate surface area is 183 Å². The minimum absolute atomic E-state index is 0.142. The Morgan fingerprint density at radius 1 is 0.742 bits per heavy atom. The van der Waals surface area contributed by atoms with E-state index in [9.17, 15) is 9.59 Å². The highest BCUT2D eigenvalue weighted by Crippen LogP contribution is 2.59. The predicted octanol–water partition coefficient (Wildman–Crippen LogP) is 5.75. The van der Waals surface area contributed by atoms with Gasteiger partial charge < -0.3 is 4.90 Å². The Kier molecular flexibility index (Phi) is 4.10. The molecule has 3 nitrogen and oxygen atoms in total. The van der Waals surface area contributed by atoms with Crippen LogP contribution in [-0.4, -0.2) is 18.7 Å². The molecule has 3 aromatic carbocycles. The zero-order chi connectivity index (χ0) is 22.0. The van der Waals surface area contributed by atoms with Gasteiger partial charge in [0.25, 0.3) is 0 Å². The monoisotopic (exact) mass is 407 g/mol. The highest BCUT2D eigenvalue weighted by atomic mass is 16.2. The second-order valence-electron chi connectivity index (χ2n) is 9.37. The topological polar surface area (TPSA) is 37.4 Å². The fourth-order valence-corrected chi connectivity index (χ4v) is 5.31. The number of nitrogens with zero attached hydrogens (tertiary/aromatic N) is 1. The smallest absolute Gasteiger partial charge is 0.249 e. The molecule has 5 rings (SSSR count). The third kappa shape index (κ3) is 2.46. The molecule has 2 aliphatic rings. The minimum Gasteiger partial charge on any atom is -0.313 e. The molecule has 31 heavy (non-hydrogen) atoms. The van der Waals surface area contributed by atoms with Crippen molar-refractivity contribution < 1.29 is 9.59 Å². The quantitative estimate of drug-likeness (QED) is 0.481. The van der Waals surface area contributed by atoms with Gasteiger partial charge in [-0.3, -0.25) is 9.59 Å². The zero-order valence-corrected chi connectivity index (χ0v) is 18.3. The summed E-state index contributed by atoms with van der Waals surface area (Å²) in [6, 6.07) is 25.2. The average molecular weight is 408 g/mol. The number of carbonyl (C=O) groups is 2. The van der Waals surface area contributed by atoms with E-state index in [0.29, 0.717) is 11.3 Å². The summed E-state index contributed by atoms with van der Waals surface area (Å²) in [7, 11) is 1.77. The number of benzene rings is 3. The van der Waals surface area contributed by atoms with Crippen molar-refractivity contribution in [3.05, 3.63) is 101 Å². The van der Waals surface area contributed by atoms with Crippen LogP contribution in [0.25, 0.3) is 11.1 Å². The number of hydrogen-bond acceptors (Lipinski definition) is 2. The van der Waals surface area contributed by atoms with Crippen LogP contribution in [0.15, 0.2) is 78.9 Å². The molecule has 3 heteroatoms. The molecule has 1 spiro atoms. The molecule has 1 heterocycles. The molecule has 0 N–H and O–H groups in total. The lowest BCUT2D eigenvalue weighted by Gasteiger charge is -2.40. The van der Waals surface area contributed by atoms with Crippen molar-refractivity contribution >= 4 is 28.5 Å². The van der Waals surface area contributed by atoms with Gasteiger partial charge in [-0.1, -0.05) is 87.5 Å². The molecule has 1 atom stereocenters. The number of anilines is 1. The molecule has 3 aromatic rings. The van der Waals surface area contributed by atoms with Gasteiger partial charge >= 0.3 is 0 Å². The summed E-state index contributed by atoms with van der Waals surface area (Å²) >= 11 is 0. The molecule has 1 amide bonds. The number of hydrogen-bond donors (Lipinski definition) is 0. The number of Topliss-reactive ketones (excluding diaryl/α,β-unsaturated/α-hetero) is 1. The van der Waals surface area contributed by atoms with Crippen molar-refractivity contribution in [2.75, 3.05) is 11.9 Å². The SMILES string of the molecule is CN1C(=O)C2(C(=O)c3ccccc31)C(c1ccccc1)=C(C(C)(C)C)c1ccccc12. The molecule has 154 valence electrons. The lowest BCUT2D eigenvalue weighted by molar-refractivity contribution is -0.120. The van der Waals surface area contributed by atoms with E-state index in [4.69, 9.17) is 0 Å². The van der Waals surface area contributed by atoms with Gasteiger partial charge in [0.05, 0.1) is 5.69 Å². The summed E-state index contributed by atoms with van der Waals surface area (Å²) in [5, 5.41) is 0. The van der Waals surface area contributed by atoms with Gasteiger partial charge in [-0.15, -0.1) is 0 Å². The fourth-order valence-electron chi connectivity index (χ4n) is 5.31. The largest absolute Gasteiger partial charge is 0.313 e. The number of likely N-dealkylation sites (N-methyl/N-ethyl adjacent to an activating group) is 1. The van der Waals surface area contributed by atoms with E-state index in [-0.39, 0.29) is 17.1 Å². The van der Waals surface area contributed by atoms with Crippen LogP contribution in [0.5, 0.6) is 0 Å². The lowest BCUT2D eigenvalue weighted by atomic mass is 9.66. The van der Waals surface area contributed by atoms with Gasteiger partial charge in [0, 0.05) is 12.6 Å². The Hall–Kier alpha value is -3.46. The maximum Gasteiger partial charge on any atom is 0.249 e. The average Bonchev–Trinajstić information content (AvgIpc) is 3.09. The van der Waals surface area contributed by atoms with Gasteiger partial charge in [-0.25, -0.2) is 0 Å². The number of allylic oxidation sites excluding steroid dienone is 1. The maximum atomic E-state index is 14.3. The van der Waals surface area contributed by atoms with Crippen LogP contribution in [0.3, 0.4) is 0 Å².